The van der Waals surface area contributed by atoms with Gasteiger partial charge in [-0.2, -0.15) is 5.10 Å². The first kappa shape index (κ1) is 20.1. The Hall–Kier alpha value is -2.23. The molecular weight excluding hydrogens is 408 g/mol. The maximum Gasteiger partial charge on any atom is 0.199 e. The molecule has 1 atom stereocenters. The highest BCUT2D eigenvalue weighted by atomic mass is 32.2. The van der Waals surface area contributed by atoms with Crippen LogP contribution in [0.25, 0.3) is 11.4 Å². The zero-order valence-electron chi connectivity index (χ0n) is 16.5. The van der Waals surface area contributed by atoms with Gasteiger partial charge in [0.05, 0.1) is 30.0 Å². The molecule has 0 aliphatic carbocycles. The van der Waals surface area contributed by atoms with Gasteiger partial charge in [0.1, 0.15) is 5.76 Å². The van der Waals surface area contributed by atoms with Crippen LogP contribution in [0, 0.1) is 11.7 Å². The summed E-state index contributed by atoms with van der Waals surface area (Å²) in [5.41, 5.74) is 2.03. The first-order valence-corrected chi connectivity index (χ1v) is 11.7. The number of hydrogen-bond acceptors (Lipinski definition) is 6. The van der Waals surface area contributed by atoms with Crippen LogP contribution in [0.1, 0.15) is 17.7 Å². The Balaban J connectivity index is 1.66. The van der Waals surface area contributed by atoms with E-state index in [1.807, 2.05) is 42.8 Å². The topological polar surface area (TPSA) is 73.3 Å². The Kier molecular flexibility index (Phi) is 5.46. The van der Waals surface area contributed by atoms with Gasteiger partial charge in [0, 0.05) is 19.6 Å². The van der Waals surface area contributed by atoms with Gasteiger partial charge in [-0.15, -0.1) is 0 Å². The highest BCUT2D eigenvalue weighted by molar-refractivity contribution is 7.91. The quantitative estimate of drug-likeness (QED) is 0.557. The number of nitrogens with zero attached hydrogens (tertiary/aromatic N) is 4. The van der Waals surface area contributed by atoms with Crippen molar-refractivity contribution in [2.45, 2.75) is 32.6 Å². The van der Waals surface area contributed by atoms with E-state index in [9.17, 15) is 8.42 Å². The lowest BCUT2D eigenvalue weighted by molar-refractivity contribution is 0.146. The van der Waals surface area contributed by atoms with Crippen molar-refractivity contribution in [2.24, 2.45) is 7.05 Å². The van der Waals surface area contributed by atoms with Crippen molar-refractivity contribution in [3.8, 4) is 11.4 Å². The lowest BCUT2D eigenvalue weighted by Gasteiger charge is -2.27. The summed E-state index contributed by atoms with van der Waals surface area (Å²) in [4.78, 5) is 2.16. The molecule has 9 heteroatoms. The van der Waals surface area contributed by atoms with Crippen LogP contribution in [0.2, 0.25) is 0 Å². The summed E-state index contributed by atoms with van der Waals surface area (Å²) in [6.07, 6.45) is 2.26. The minimum atomic E-state index is -2.99. The van der Waals surface area contributed by atoms with E-state index in [0.29, 0.717) is 24.4 Å². The van der Waals surface area contributed by atoms with Crippen LogP contribution in [-0.2, 0) is 30.1 Å². The van der Waals surface area contributed by atoms with Crippen molar-refractivity contribution >= 4 is 22.1 Å². The number of sulfone groups is 1. The number of hydrogen-bond donors (Lipinski definition) is 0. The third-order valence-electron chi connectivity index (χ3n) is 5.41. The van der Waals surface area contributed by atoms with Gasteiger partial charge in [0.2, 0.25) is 0 Å². The van der Waals surface area contributed by atoms with Crippen molar-refractivity contribution in [3.05, 3.63) is 58.8 Å². The van der Waals surface area contributed by atoms with Crippen molar-refractivity contribution in [1.29, 1.82) is 0 Å². The Morgan fingerprint density at radius 2 is 2.03 bits per heavy atom. The summed E-state index contributed by atoms with van der Waals surface area (Å²) in [6.45, 7) is 2.96. The van der Waals surface area contributed by atoms with Gasteiger partial charge < -0.3 is 8.98 Å². The normalized spacial score (nSPS) is 18.5. The largest absolute Gasteiger partial charge is 0.469 e. The fraction of sp³-hybridized carbons (Fsp3) is 0.400. The molecule has 154 valence electrons. The van der Waals surface area contributed by atoms with Gasteiger partial charge in [0.25, 0.3) is 0 Å². The molecule has 0 unspecified atom stereocenters. The minimum Gasteiger partial charge on any atom is -0.469 e. The zero-order valence-corrected chi connectivity index (χ0v) is 18.1. The van der Waals surface area contributed by atoms with Crippen LogP contribution in [0.15, 0.2) is 47.1 Å². The standard InChI is InChI=1S/C20H24N4O3S2/c1-15-18(8-10-27-15)19-21-24(20(28)22(19)2)14-23(12-16-6-4-3-5-7-16)17-9-11-29(25,26)13-17/h3-8,10,17H,9,11-14H2,1-2H3/t17-/m1/s1. The molecule has 1 aliphatic rings. The van der Waals surface area contributed by atoms with E-state index in [-0.39, 0.29) is 17.5 Å². The smallest absolute Gasteiger partial charge is 0.199 e. The third kappa shape index (κ3) is 4.22. The van der Waals surface area contributed by atoms with Crippen LogP contribution in [-0.4, -0.2) is 45.2 Å². The SMILES string of the molecule is Cc1occc1-c1nn(CN(Cc2ccccc2)[C@@H]2CCS(=O)(=O)C2)c(=S)n1C. The molecule has 1 saturated heterocycles. The lowest BCUT2D eigenvalue weighted by Crippen LogP contribution is -2.37. The monoisotopic (exact) mass is 432 g/mol. The lowest BCUT2D eigenvalue weighted by atomic mass is 10.1. The van der Waals surface area contributed by atoms with Crippen molar-refractivity contribution in [1.82, 2.24) is 19.2 Å². The molecule has 7 nitrogen and oxygen atoms in total. The molecule has 0 saturated carbocycles. The van der Waals surface area contributed by atoms with Crippen LogP contribution >= 0.6 is 12.2 Å². The zero-order chi connectivity index (χ0) is 20.6. The predicted octanol–water partition coefficient (Wildman–Crippen LogP) is 3.17. The molecule has 2 aromatic heterocycles. The predicted molar refractivity (Wildman–Crippen MR) is 114 cm³/mol. The molecule has 3 aromatic rings. The van der Waals surface area contributed by atoms with E-state index in [1.54, 1.807) is 10.9 Å². The summed E-state index contributed by atoms with van der Waals surface area (Å²) in [6, 6.07) is 11.9. The Bertz CT molecular complexity index is 1160. The van der Waals surface area contributed by atoms with Crippen molar-refractivity contribution in [3.63, 3.8) is 0 Å². The average Bonchev–Trinajstić information content (AvgIpc) is 3.35. The van der Waals surface area contributed by atoms with Gasteiger partial charge in [-0.25, -0.2) is 13.1 Å². The highest BCUT2D eigenvalue weighted by Crippen LogP contribution is 2.24. The molecule has 1 aromatic carbocycles. The Morgan fingerprint density at radius 3 is 2.66 bits per heavy atom. The fourth-order valence-electron chi connectivity index (χ4n) is 3.78. The number of aromatic nitrogens is 3. The second-order valence-corrected chi connectivity index (χ2v) is 10.1. The van der Waals surface area contributed by atoms with Crippen LogP contribution < -0.4 is 0 Å². The number of benzene rings is 1. The van der Waals surface area contributed by atoms with Crippen LogP contribution in [0.4, 0.5) is 0 Å². The molecule has 1 aliphatic heterocycles. The first-order chi connectivity index (χ1) is 13.8. The molecule has 0 bridgehead atoms. The second-order valence-electron chi connectivity index (χ2n) is 7.49. The van der Waals surface area contributed by atoms with Crippen molar-refractivity contribution in [2.75, 3.05) is 11.5 Å². The minimum absolute atomic E-state index is 0.0526. The van der Waals surface area contributed by atoms with E-state index in [2.05, 4.69) is 17.0 Å². The highest BCUT2D eigenvalue weighted by Gasteiger charge is 2.33. The summed E-state index contributed by atoms with van der Waals surface area (Å²) in [5, 5.41) is 4.73. The molecule has 3 heterocycles. The molecule has 4 rings (SSSR count). The second kappa shape index (κ2) is 7.89. The molecule has 0 spiro atoms. The van der Waals surface area contributed by atoms with Crippen molar-refractivity contribution < 1.29 is 12.8 Å². The van der Waals surface area contributed by atoms with Gasteiger partial charge in [-0.05, 0) is 37.2 Å². The summed E-state index contributed by atoms with van der Waals surface area (Å²) in [7, 11) is -1.11. The molecule has 0 amide bonds. The van der Waals surface area contributed by atoms with Gasteiger partial charge in [-0.1, -0.05) is 30.3 Å². The number of rotatable bonds is 6. The molecule has 29 heavy (non-hydrogen) atoms. The van der Waals surface area contributed by atoms with Gasteiger partial charge in [-0.3, -0.25) is 4.90 Å². The van der Waals surface area contributed by atoms with Crippen LogP contribution in [0.5, 0.6) is 0 Å². The summed E-state index contributed by atoms with van der Waals surface area (Å²) in [5.74, 6) is 1.92. The average molecular weight is 433 g/mol. The van der Waals surface area contributed by atoms with Gasteiger partial charge in [0.15, 0.2) is 20.4 Å². The maximum atomic E-state index is 12.1. The van der Waals surface area contributed by atoms with Gasteiger partial charge >= 0.3 is 0 Å². The maximum absolute atomic E-state index is 12.1. The van der Waals surface area contributed by atoms with E-state index < -0.39 is 9.84 Å². The molecule has 1 fully saturated rings. The first-order valence-electron chi connectivity index (χ1n) is 9.51. The fourth-order valence-corrected chi connectivity index (χ4v) is 5.73. The molecule has 0 radical (unpaired) electrons. The molecule has 0 N–H and O–H groups in total. The Morgan fingerprint density at radius 1 is 1.28 bits per heavy atom. The van der Waals surface area contributed by atoms with E-state index in [1.165, 1.54) is 0 Å². The van der Waals surface area contributed by atoms with E-state index in [4.69, 9.17) is 21.7 Å². The summed E-state index contributed by atoms with van der Waals surface area (Å²) >= 11 is 5.62. The van der Waals surface area contributed by atoms with E-state index in [0.717, 1.165) is 22.7 Å². The van der Waals surface area contributed by atoms with E-state index >= 15 is 0 Å². The van der Waals surface area contributed by atoms with Crippen LogP contribution in [0.3, 0.4) is 0 Å². The molecular formula is C20H24N4O3S2. The third-order valence-corrected chi connectivity index (χ3v) is 7.64. The summed E-state index contributed by atoms with van der Waals surface area (Å²) < 4.78 is 33.8. The Labute approximate surface area is 175 Å². The number of aryl methyl sites for hydroxylation is 1. The number of furan rings is 1.